The van der Waals surface area contributed by atoms with Gasteiger partial charge in [-0.3, -0.25) is 4.90 Å². The predicted molar refractivity (Wildman–Crippen MR) is 139 cm³/mol. The van der Waals surface area contributed by atoms with Crippen LogP contribution >= 0.6 is 0 Å². The molecular formula is C29H34N6O. The summed E-state index contributed by atoms with van der Waals surface area (Å²) in [6.07, 6.45) is 8.43. The molecule has 3 saturated heterocycles. The number of rotatable bonds is 5. The van der Waals surface area contributed by atoms with E-state index in [2.05, 4.69) is 76.3 Å². The Morgan fingerprint density at radius 3 is 2.42 bits per heavy atom. The third-order valence-electron chi connectivity index (χ3n) is 9.11. The van der Waals surface area contributed by atoms with E-state index in [0.717, 1.165) is 37.1 Å². The van der Waals surface area contributed by atoms with Crippen LogP contribution in [0.3, 0.4) is 0 Å². The Kier molecular flexibility index (Phi) is 5.93. The Morgan fingerprint density at radius 1 is 1.03 bits per heavy atom. The summed E-state index contributed by atoms with van der Waals surface area (Å²) in [5, 5.41) is 11.1. The number of amides is 2. The molecule has 3 aliphatic heterocycles. The van der Waals surface area contributed by atoms with E-state index in [1.165, 1.54) is 30.3 Å². The number of benzene rings is 2. The lowest BCUT2D eigenvalue weighted by atomic mass is 9.69. The summed E-state index contributed by atoms with van der Waals surface area (Å²) >= 11 is 0. The van der Waals surface area contributed by atoms with Gasteiger partial charge in [-0.2, -0.15) is 5.26 Å². The van der Waals surface area contributed by atoms with Gasteiger partial charge < -0.3 is 9.47 Å². The molecule has 1 N–H and O–H groups in total. The second-order valence-electron chi connectivity index (χ2n) is 10.8. The van der Waals surface area contributed by atoms with Crippen LogP contribution in [0, 0.1) is 18.4 Å². The molecule has 7 nitrogen and oxygen atoms in total. The number of nitrogens with one attached hydrogen (secondary N) is 1. The average molecular weight is 483 g/mol. The summed E-state index contributed by atoms with van der Waals surface area (Å²) in [4.78, 5) is 21.6. The minimum Gasteiger partial charge on any atom is -0.325 e. The number of hydrogen-bond acceptors (Lipinski definition) is 4. The maximum atomic E-state index is 12.2. The molecule has 36 heavy (non-hydrogen) atoms. The first-order valence-electron chi connectivity index (χ1n) is 13.3. The number of imidazole rings is 1. The largest absolute Gasteiger partial charge is 0.330 e. The number of carbonyl (C=O) groups is 1. The second-order valence-corrected chi connectivity index (χ2v) is 10.8. The van der Waals surface area contributed by atoms with Crippen molar-refractivity contribution < 1.29 is 4.79 Å². The molecule has 7 heteroatoms. The molecule has 3 aromatic rings. The average Bonchev–Trinajstić information content (AvgIpc) is 3.25. The van der Waals surface area contributed by atoms with E-state index >= 15 is 0 Å². The molecule has 1 saturated carbocycles. The van der Waals surface area contributed by atoms with Crippen molar-refractivity contribution in [3.05, 3.63) is 66.0 Å². The SMILES string of the molecule is Cc1nc2ccccc2n1C1CC2CC(C1)N2CCC1(c2ccccc2)CCN(C(=O)NC#N)CC1. The number of fused-ring (bicyclic) bond motifs is 3. The second kappa shape index (κ2) is 9.25. The Morgan fingerprint density at radius 2 is 1.69 bits per heavy atom. The molecule has 1 aromatic heterocycles. The zero-order chi connectivity index (χ0) is 24.7. The van der Waals surface area contributed by atoms with Crippen LogP contribution in [0.25, 0.3) is 11.0 Å². The first-order valence-corrected chi connectivity index (χ1v) is 13.3. The van der Waals surface area contributed by atoms with E-state index in [4.69, 9.17) is 10.2 Å². The predicted octanol–water partition coefficient (Wildman–Crippen LogP) is 4.74. The number of piperidine rings is 2. The van der Waals surface area contributed by atoms with Crippen LogP contribution in [-0.2, 0) is 5.41 Å². The number of urea groups is 1. The minimum atomic E-state index is -0.273. The fraction of sp³-hybridized carbons (Fsp3) is 0.483. The van der Waals surface area contributed by atoms with Gasteiger partial charge in [-0.15, -0.1) is 0 Å². The Balaban J connectivity index is 1.14. The quantitative estimate of drug-likeness (QED) is 0.421. The molecule has 186 valence electrons. The lowest BCUT2D eigenvalue weighted by molar-refractivity contribution is -0.0533. The van der Waals surface area contributed by atoms with Gasteiger partial charge in [0.2, 0.25) is 0 Å². The summed E-state index contributed by atoms with van der Waals surface area (Å²) < 4.78 is 2.49. The van der Waals surface area contributed by atoms with Gasteiger partial charge in [0, 0.05) is 31.2 Å². The molecule has 4 fully saturated rings. The third-order valence-corrected chi connectivity index (χ3v) is 9.11. The van der Waals surface area contributed by atoms with Gasteiger partial charge in [0.05, 0.1) is 11.0 Å². The van der Waals surface area contributed by atoms with Crippen molar-refractivity contribution in [2.24, 2.45) is 0 Å². The first-order chi connectivity index (χ1) is 17.6. The number of para-hydroxylation sites is 2. The minimum absolute atomic E-state index is 0.0745. The number of carbonyl (C=O) groups excluding carboxylic acids is 1. The van der Waals surface area contributed by atoms with Crippen molar-refractivity contribution in [2.75, 3.05) is 19.6 Å². The summed E-state index contributed by atoms with van der Waals surface area (Å²) in [6.45, 7) is 4.62. The molecular weight excluding hydrogens is 448 g/mol. The third kappa shape index (κ3) is 3.94. The van der Waals surface area contributed by atoms with Crippen molar-refractivity contribution in [1.82, 2.24) is 24.7 Å². The molecule has 7 rings (SSSR count). The highest BCUT2D eigenvalue weighted by atomic mass is 16.2. The van der Waals surface area contributed by atoms with Crippen LogP contribution in [0.1, 0.15) is 56.0 Å². The van der Waals surface area contributed by atoms with Gasteiger partial charge in [0.25, 0.3) is 0 Å². The standard InChI is InChI=1S/C29H34N6O/c1-21-32-26-9-5-6-10-27(26)35(21)25-18-23-17-24(19-25)34(23)16-13-29(22-7-3-2-4-8-22)11-14-33(15-12-29)28(36)31-20-30/h2-10,23-25H,11-19H2,1H3,(H,31,36). The summed E-state index contributed by atoms with van der Waals surface area (Å²) in [5.41, 5.74) is 3.83. The fourth-order valence-corrected chi connectivity index (χ4v) is 7.22. The smallest absolute Gasteiger partial charge is 0.325 e. The highest BCUT2D eigenvalue weighted by Crippen LogP contribution is 2.46. The summed E-state index contributed by atoms with van der Waals surface area (Å²) in [7, 11) is 0. The van der Waals surface area contributed by atoms with Crippen LogP contribution in [0.2, 0.25) is 0 Å². The van der Waals surface area contributed by atoms with Crippen LogP contribution in [0.4, 0.5) is 4.79 Å². The fourth-order valence-electron chi connectivity index (χ4n) is 7.22. The van der Waals surface area contributed by atoms with Crippen molar-refractivity contribution in [2.45, 2.75) is 69.0 Å². The van der Waals surface area contributed by atoms with E-state index in [1.807, 2.05) is 0 Å². The highest BCUT2D eigenvalue weighted by Gasteiger charge is 2.47. The van der Waals surface area contributed by atoms with Gasteiger partial charge >= 0.3 is 6.03 Å². The van der Waals surface area contributed by atoms with Crippen LogP contribution in [0.5, 0.6) is 0 Å². The zero-order valence-corrected chi connectivity index (χ0v) is 20.9. The molecule has 1 aliphatic carbocycles. The molecule has 0 spiro atoms. The summed E-state index contributed by atoms with van der Waals surface area (Å²) in [5.74, 6) is 1.13. The van der Waals surface area contributed by atoms with E-state index in [9.17, 15) is 4.79 Å². The number of hydrogen-bond donors (Lipinski definition) is 1. The van der Waals surface area contributed by atoms with Crippen LogP contribution in [-0.4, -0.2) is 57.1 Å². The number of nitriles is 1. The Labute approximate surface area is 212 Å². The van der Waals surface area contributed by atoms with Gasteiger partial charge in [-0.05, 0) is 75.1 Å². The topological polar surface area (TPSA) is 77.2 Å². The van der Waals surface area contributed by atoms with Crippen LogP contribution in [0.15, 0.2) is 54.6 Å². The van der Waals surface area contributed by atoms with Crippen molar-refractivity contribution in [1.29, 1.82) is 5.26 Å². The Bertz CT molecular complexity index is 1270. The van der Waals surface area contributed by atoms with Crippen LogP contribution < -0.4 is 5.32 Å². The lowest BCUT2D eigenvalue weighted by Crippen LogP contribution is -2.61. The molecule has 2 bridgehead atoms. The first kappa shape index (κ1) is 23.1. The van der Waals surface area contributed by atoms with E-state index < -0.39 is 0 Å². The lowest BCUT2D eigenvalue weighted by Gasteiger charge is -2.57. The monoisotopic (exact) mass is 482 g/mol. The molecule has 4 aliphatic rings. The number of likely N-dealkylation sites (tertiary alicyclic amines) is 1. The number of nitrogens with zero attached hydrogens (tertiary/aromatic N) is 5. The summed E-state index contributed by atoms with van der Waals surface area (Å²) in [6, 6.07) is 20.9. The maximum Gasteiger partial charge on any atom is 0.330 e. The highest BCUT2D eigenvalue weighted by molar-refractivity contribution is 5.76. The Hall–Kier alpha value is -3.37. The maximum absolute atomic E-state index is 12.2. The molecule has 2 unspecified atom stereocenters. The normalized spacial score (nSPS) is 25.2. The molecule has 0 radical (unpaired) electrons. The van der Waals surface area contributed by atoms with Crippen molar-refractivity contribution in [3.63, 3.8) is 0 Å². The molecule has 2 atom stereocenters. The van der Waals surface area contributed by atoms with Gasteiger partial charge in [0.1, 0.15) is 5.82 Å². The van der Waals surface area contributed by atoms with E-state index in [0.29, 0.717) is 31.2 Å². The van der Waals surface area contributed by atoms with E-state index in [-0.39, 0.29) is 11.4 Å². The van der Waals surface area contributed by atoms with Crippen molar-refractivity contribution >= 4 is 17.1 Å². The number of aromatic nitrogens is 2. The molecule has 2 amide bonds. The van der Waals surface area contributed by atoms with Gasteiger partial charge in [-0.25, -0.2) is 15.1 Å². The molecule has 4 heterocycles. The zero-order valence-electron chi connectivity index (χ0n) is 20.9. The van der Waals surface area contributed by atoms with Gasteiger partial charge in [-0.1, -0.05) is 42.5 Å². The number of aryl methyl sites for hydroxylation is 1. The van der Waals surface area contributed by atoms with Gasteiger partial charge in [0.15, 0.2) is 6.19 Å². The molecule has 2 aromatic carbocycles. The van der Waals surface area contributed by atoms with Crippen molar-refractivity contribution in [3.8, 4) is 6.19 Å². The van der Waals surface area contributed by atoms with E-state index in [1.54, 1.807) is 11.1 Å².